The molecule has 1 aliphatic carbocycles. The Kier molecular flexibility index (Phi) is 5.44. The highest BCUT2D eigenvalue weighted by atomic mass is 16.5. The van der Waals surface area contributed by atoms with Gasteiger partial charge in [-0.1, -0.05) is 37.8 Å². The first-order valence-corrected chi connectivity index (χ1v) is 7.71. The van der Waals surface area contributed by atoms with Crippen molar-refractivity contribution in [3.05, 3.63) is 29.8 Å². The molecule has 1 fully saturated rings. The molecule has 0 saturated heterocycles. The van der Waals surface area contributed by atoms with Crippen LogP contribution in [0.2, 0.25) is 0 Å². The van der Waals surface area contributed by atoms with E-state index in [1.165, 1.54) is 38.5 Å². The lowest BCUT2D eigenvalue weighted by molar-refractivity contribution is 0.157. The molecule has 2 N–H and O–H groups in total. The van der Waals surface area contributed by atoms with Crippen LogP contribution >= 0.6 is 0 Å². The molecule has 0 amide bonds. The number of hydrogen-bond acceptors (Lipinski definition) is 3. The predicted molar refractivity (Wildman–Crippen MR) is 82.1 cm³/mol. The van der Waals surface area contributed by atoms with Gasteiger partial charge < -0.3 is 15.2 Å². The number of nitrogens with one attached hydrogen (secondary N) is 1. The molecule has 1 saturated carbocycles. The molecular formula is C17H27NO2. The van der Waals surface area contributed by atoms with Crippen molar-refractivity contribution in [3.63, 3.8) is 0 Å². The number of aliphatic hydroxyl groups is 1. The van der Waals surface area contributed by atoms with Gasteiger partial charge in [0.15, 0.2) is 0 Å². The smallest absolute Gasteiger partial charge is 0.118 e. The summed E-state index contributed by atoms with van der Waals surface area (Å²) in [5, 5.41) is 13.6. The molecule has 0 radical (unpaired) electrons. The summed E-state index contributed by atoms with van der Waals surface area (Å²) in [6.07, 6.45) is 7.70. The fourth-order valence-corrected chi connectivity index (χ4v) is 3.05. The van der Waals surface area contributed by atoms with Crippen molar-refractivity contribution >= 4 is 0 Å². The van der Waals surface area contributed by atoms with Crippen LogP contribution in [0.5, 0.6) is 5.75 Å². The van der Waals surface area contributed by atoms with Crippen molar-refractivity contribution in [1.29, 1.82) is 0 Å². The van der Waals surface area contributed by atoms with Crippen LogP contribution in [0.15, 0.2) is 24.3 Å². The number of hydrogen-bond donors (Lipinski definition) is 2. The van der Waals surface area contributed by atoms with Gasteiger partial charge in [-0.25, -0.2) is 0 Å². The summed E-state index contributed by atoms with van der Waals surface area (Å²) in [5.74, 6) is 0.850. The lowest BCUT2D eigenvalue weighted by Crippen LogP contribution is -2.48. The normalized spacial score (nSPS) is 20.1. The van der Waals surface area contributed by atoms with Gasteiger partial charge >= 0.3 is 0 Å². The Balaban J connectivity index is 2.09. The Labute approximate surface area is 122 Å². The Hall–Kier alpha value is -1.06. The van der Waals surface area contributed by atoms with E-state index in [-0.39, 0.29) is 12.1 Å². The van der Waals surface area contributed by atoms with E-state index < -0.39 is 0 Å². The molecule has 0 heterocycles. The van der Waals surface area contributed by atoms with E-state index >= 15 is 0 Å². The Morgan fingerprint density at radius 1 is 1.15 bits per heavy atom. The maximum Gasteiger partial charge on any atom is 0.118 e. The van der Waals surface area contributed by atoms with E-state index in [1.54, 1.807) is 7.11 Å². The van der Waals surface area contributed by atoms with Crippen LogP contribution in [0.4, 0.5) is 0 Å². The van der Waals surface area contributed by atoms with E-state index in [0.717, 1.165) is 11.3 Å². The minimum Gasteiger partial charge on any atom is -0.497 e. The number of methoxy groups -OCH3 is 1. The molecular weight excluding hydrogens is 250 g/mol. The fourth-order valence-electron chi connectivity index (χ4n) is 3.05. The summed E-state index contributed by atoms with van der Waals surface area (Å²) in [7, 11) is 1.67. The minimum absolute atomic E-state index is 0.107. The molecule has 0 aromatic heterocycles. The largest absolute Gasteiger partial charge is 0.497 e. The van der Waals surface area contributed by atoms with Crippen molar-refractivity contribution in [3.8, 4) is 5.75 Å². The molecule has 0 aliphatic heterocycles. The lowest BCUT2D eigenvalue weighted by atomic mass is 9.90. The molecule has 0 spiro atoms. The van der Waals surface area contributed by atoms with Gasteiger partial charge in [0, 0.05) is 6.04 Å². The van der Waals surface area contributed by atoms with Gasteiger partial charge in [-0.2, -0.15) is 0 Å². The minimum atomic E-state index is -0.374. The Bertz CT molecular complexity index is 396. The maximum absolute atomic E-state index is 9.87. The van der Waals surface area contributed by atoms with Crippen molar-refractivity contribution in [2.75, 3.05) is 13.7 Å². The third kappa shape index (κ3) is 3.74. The molecule has 3 heteroatoms. The van der Waals surface area contributed by atoms with E-state index in [1.807, 2.05) is 24.3 Å². The first kappa shape index (κ1) is 15.3. The molecule has 1 aliphatic rings. The molecule has 3 nitrogen and oxygen atoms in total. The summed E-state index contributed by atoms with van der Waals surface area (Å²) in [5.41, 5.74) is 0.742. The number of aliphatic hydroxyl groups excluding tert-OH is 1. The Morgan fingerprint density at radius 3 is 2.25 bits per heavy atom. The van der Waals surface area contributed by atoms with E-state index in [2.05, 4.69) is 12.2 Å². The van der Waals surface area contributed by atoms with E-state index in [0.29, 0.717) is 6.04 Å². The number of rotatable bonds is 5. The zero-order valence-corrected chi connectivity index (χ0v) is 12.7. The van der Waals surface area contributed by atoms with Gasteiger partial charge in [0.25, 0.3) is 0 Å². The van der Waals surface area contributed by atoms with Gasteiger partial charge in [-0.3, -0.25) is 0 Å². The van der Waals surface area contributed by atoms with Gasteiger partial charge in [0.2, 0.25) is 0 Å². The van der Waals surface area contributed by atoms with Crippen molar-refractivity contribution in [1.82, 2.24) is 5.32 Å². The first-order chi connectivity index (χ1) is 9.68. The van der Waals surface area contributed by atoms with Gasteiger partial charge in [-0.05, 0) is 37.5 Å². The summed E-state index contributed by atoms with van der Waals surface area (Å²) in [6.45, 7) is 2.19. The molecule has 1 aromatic carbocycles. The van der Waals surface area contributed by atoms with Crippen LogP contribution in [0.1, 0.15) is 51.0 Å². The van der Waals surface area contributed by atoms with Crippen LogP contribution in [0, 0.1) is 0 Å². The quantitative estimate of drug-likeness (QED) is 0.812. The molecule has 112 valence electrons. The second-order valence-electron chi connectivity index (χ2n) is 6.05. The molecule has 1 atom stereocenters. The van der Waals surface area contributed by atoms with Crippen molar-refractivity contribution in [2.24, 2.45) is 0 Å². The van der Waals surface area contributed by atoms with Gasteiger partial charge in [-0.15, -0.1) is 0 Å². The zero-order valence-electron chi connectivity index (χ0n) is 12.7. The van der Waals surface area contributed by atoms with Gasteiger partial charge in [0.05, 0.1) is 19.3 Å². The van der Waals surface area contributed by atoms with Crippen LogP contribution in [0.3, 0.4) is 0 Å². The SMILES string of the molecule is COc1ccc(C(C)(CO)NC2CCCCCC2)cc1. The third-order valence-electron chi connectivity index (χ3n) is 4.42. The lowest BCUT2D eigenvalue weighted by Gasteiger charge is -2.34. The highest BCUT2D eigenvalue weighted by Gasteiger charge is 2.28. The zero-order chi connectivity index (χ0) is 14.4. The first-order valence-electron chi connectivity index (χ1n) is 7.71. The van der Waals surface area contributed by atoms with Crippen LogP contribution < -0.4 is 10.1 Å². The van der Waals surface area contributed by atoms with Crippen molar-refractivity contribution in [2.45, 2.75) is 57.0 Å². The van der Waals surface area contributed by atoms with Crippen LogP contribution in [-0.2, 0) is 5.54 Å². The fraction of sp³-hybridized carbons (Fsp3) is 0.647. The van der Waals surface area contributed by atoms with Crippen LogP contribution in [-0.4, -0.2) is 24.9 Å². The van der Waals surface area contributed by atoms with Crippen molar-refractivity contribution < 1.29 is 9.84 Å². The highest BCUT2D eigenvalue weighted by Crippen LogP contribution is 2.26. The number of ether oxygens (including phenoxy) is 1. The van der Waals surface area contributed by atoms with E-state index in [9.17, 15) is 5.11 Å². The van der Waals surface area contributed by atoms with E-state index in [4.69, 9.17) is 4.74 Å². The third-order valence-corrected chi connectivity index (χ3v) is 4.42. The molecule has 20 heavy (non-hydrogen) atoms. The maximum atomic E-state index is 9.87. The molecule has 1 aromatic rings. The molecule has 0 bridgehead atoms. The highest BCUT2D eigenvalue weighted by molar-refractivity contribution is 5.31. The second kappa shape index (κ2) is 7.09. The average molecular weight is 277 g/mol. The topological polar surface area (TPSA) is 41.5 Å². The number of benzene rings is 1. The second-order valence-corrected chi connectivity index (χ2v) is 6.05. The summed E-state index contributed by atoms with van der Waals surface area (Å²) in [6, 6.07) is 8.50. The predicted octanol–water partition coefficient (Wildman–Crippen LogP) is 3.22. The average Bonchev–Trinajstić information content (AvgIpc) is 2.75. The molecule has 2 rings (SSSR count). The Morgan fingerprint density at radius 2 is 1.75 bits per heavy atom. The summed E-state index contributed by atoms with van der Waals surface area (Å²) < 4.78 is 5.20. The standard InChI is InChI=1S/C17H27NO2/c1-17(13-19,14-9-11-16(20-2)12-10-14)18-15-7-5-3-4-6-8-15/h9-12,15,18-19H,3-8,13H2,1-2H3. The van der Waals surface area contributed by atoms with Crippen LogP contribution in [0.25, 0.3) is 0 Å². The molecule has 1 unspecified atom stereocenters. The monoisotopic (exact) mass is 277 g/mol. The van der Waals surface area contributed by atoms with Gasteiger partial charge in [0.1, 0.15) is 5.75 Å². The summed E-state index contributed by atoms with van der Waals surface area (Å²) >= 11 is 0. The summed E-state index contributed by atoms with van der Waals surface area (Å²) in [4.78, 5) is 0.